The van der Waals surface area contributed by atoms with Crippen LogP contribution in [-0.4, -0.2) is 35.2 Å². The van der Waals surface area contributed by atoms with Crippen LogP contribution in [-0.2, 0) is 16.0 Å². The lowest BCUT2D eigenvalue weighted by atomic mass is 10.0. The number of aliphatic hydroxyl groups excluding tert-OH is 1. The summed E-state index contributed by atoms with van der Waals surface area (Å²) in [5.74, 6) is -1.51. The average molecular weight is 364 g/mol. The number of ether oxygens (including phenoxy) is 1. The second kappa shape index (κ2) is 8.50. The maximum Gasteiger partial charge on any atom is 0.326 e. The Morgan fingerprint density at radius 1 is 1.20 bits per heavy atom. The summed E-state index contributed by atoms with van der Waals surface area (Å²) in [4.78, 5) is 23.6. The van der Waals surface area contributed by atoms with Gasteiger partial charge in [0.25, 0.3) is 5.91 Å². The molecule has 3 N–H and O–H groups in total. The van der Waals surface area contributed by atoms with Gasteiger partial charge in [-0.3, -0.25) is 4.79 Å². The van der Waals surface area contributed by atoms with Crippen molar-refractivity contribution in [3.8, 4) is 5.75 Å². The number of carboxylic acid groups (broad SMARTS) is 1. The molecule has 25 heavy (non-hydrogen) atoms. The highest BCUT2D eigenvalue weighted by atomic mass is 35.5. The van der Waals surface area contributed by atoms with Gasteiger partial charge in [-0.1, -0.05) is 48.0 Å². The van der Waals surface area contributed by atoms with E-state index in [0.717, 1.165) is 0 Å². The summed E-state index contributed by atoms with van der Waals surface area (Å²) in [5, 5.41) is 22.1. The summed E-state index contributed by atoms with van der Waals surface area (Å²) in [5.41, 5.74) is 1.00. The number of hydrogen-bond acceptors (Lipinski definition) is 4. The van der Waals surface area contributed by atoms with E-state index < -0.39 is 24.0 Å². The lowest BCUT2D eigenvalue weighted by Crippen LogP contribution is -2.44. The molecule has 2 aromatic carbocycles. The van der Waals surface area contributed by atoms with E-state index in [1.807, 2.05) is 0 Å². The standard InChI is InChI=1S/C18H18ClNO5/c1-25-15-8-7-11(9-13(15)19)10-14(18(23)24)20-17(22)16(21)12-5-3-2-4-6-12/h2-9,14,16,21H,10H2,1H3,(H,20,22)(H,23,24)/t14-,16+/m1/s1. The molecular weight excluding hydrogens is 346 g/mol. The predicted molar refractivity (Wildman–Crippen MR) is 92.7 cm³/mol. The molecule has 0 unspecified atom stereocenters. The van der Waals surface area contributed by atoms with Gasteiger partial charge < -0.3 is 20.3 Å². The van der Waals surface area contributed by atoms with Gasteiger partial charge in [0.05, 0.1) is 12.1 Å². The molecule has 6 nitrogen and oxygen atoms in total. The third-order valence-corrected chi connectivity index (χ3v) is 3.93. The van der Waals surface area contributed by atoms with E-state index in [4.69, 9.17) is 16.3 Å². The van der Waals surface area contributed by atoms with Gasteiger partial charge in [0.1, 0.15) is 11.8 Å². The Kier molecular flexibility index (Phi) is 6.38. The zero-order valence-corrected chi connectivity index (χ0v) is 14.2. The van der Waals surface area contributed by atoms with Gasteiger partial charge >= 0.3 is 5.97 Å². The Morgan fingerprint density at radius 3 is 2.44 bits per heavy atom. The number of carbonyl (C=O) groups is 2. The predicted octanol–water partition coefficient (Wildman–Crippen LogP) is 2.19. The van der Waals surface area contributed by atoms with Crippen molar-refractivity contribution < 1.29 is 24.5 Å². The van der Waals surface area contributed by atoms with Crippen molar-refractivity contribution in [2.45, 2.75) is 18.6 Å². The maximum atomic E-state index is 12.1. The normalized spacial score (nSPS) is 12.9. The molecule has 0 aliphatic heterocycles. The first-order chi connectivity index (χ1) is 11.9. The van der Waals surface area contributed by atoms with Gasteiger partial charge in [0.2, 0.25) is 0 Å². The first kappa shape index (κ1) is 18.8. The monoisotopic (exact) mass is 363 g/mol. The first-order valence-corrected chi connectivity index (χ1v) is 7.88. The minimum Gasteiger partial charge on any atom is -0.495 e. The van der Waals surface area contributed by atoms with E-state index in [0.29, 0.717) is 21.9 Å². The summed E-state index contributed by atoms with van der Waals surface area (Å²) in [7, 11) is 1.48. The van der Waals surface area contributed by atoms with Crippen molar-refractivity contribution in [3.05, 3.63) is 64.7 Å². The van der Waals surface area contributed by atoms with E-state index >= 15 is 0 Å². The molecule has 2 aromatic rings. The minimum absolute atomic E-state index is 0.0201. The Bertz CT molecular complexity index is 750. The fourth-order valence-corrected chi connectivity index (χ4v) is 2.59. The molecule has 0 fully saturated rings. The molecule has 2 atom stereocenters. The molecule has 0 saturated heterocycles. The number of carbonyl (C=O) groups excluding carboxylic acids is 1. The highest BCUT2D eigenvalue weighted by Crippen LogP contribution is 2.25. The smallest absolute Gasteiger partial charge is 0.326 e. The fourth-order valence-electron chi connectivity index (χ4n) is 2.31. The van der Waals surface area contributed by atoms with Crippen molar-refractivity contribution >= 4 is 23.5 Å². The van der Waals surface area contributed by atoms with Crippen LogP contribution in [0.15, 0.2) is 48.5 Å². The Hall–Kier alpha value is -2.57. The zero-order chi connectivity index (χ0) is 18.4. The first-order valence-electron chi connectivity index (χ1n) is 7.51. The second-order valence-electron chi connectivity index (χ2n) is 5.39. The number of carboxylic acids is 1. The highest BCUT2D eigenvalue weighted by Gasteiger charge is 2.25. The van der Waals surface area contributed by atoms with E-state index in [1.165, 1.54) is 7.11 Å². The second-order valence-corrected chi connectivity index (χ2v) is 5.79. The molecule has 0 aromatic heterocycles. The number of halogens is 1. The lowest BCUT2D eigenvalue weighted by Gasteiger charge is -2.18. The molecule has 0 spiro atoms. The van der Waals surface area contributed by atoms with Crippen LogP contribution < -0.4 is 10.1 Å². The average Bonchev–Trinajstić information content (AvgIpc) is 2.61. The SMILES string of the molecule is COc1ccc(C[C@@H](NC(=O)[C@@H](O)c2ccccc2)C(=O)O)cc1Cl. The fraction of sp³-hybridized carbons (Fsp3) is 0.222. The lowest BCUT2D eigenvalue weighted by molar-refractivity contribution is -0.143. The summed E-state index contributed by atoms with van der Waals surface area (Å²) < 4.78 is 5.05. The van der Waals surface area contributed by atoms with Crippen LogP contribution >= 0.6 is 11.6 Å². The third kappa shape index (κ3) is 4.95. The van der Waals surface area contributed by atoms with E-state index in [-0.39, 0.29) is 6.42 Å². The highest BCUT2D eigenvalue weighted by molar-refractivity contribution is 6.32. The van der Waals surface area contributed by atoms with E-state index in [1.54, 1.807) is 48.5 Å². The zero-order valence-electron chi connectivity index (χ0n) is 13.5. The molecule has 1 amide bonds. The minimum atomic E-state index is -1.44. The molecule has 0 aliphatic carbocycles. The van der Waals surface area contributed by atoms with Crippen molar-refractivity contribution in [2.75, 3.05) is 7.11 Å². The summed E-state index contributed by atoms with van der Waals surface area (Å²) >= 11 is 6.03. The number of aliphatic carboxylic acids is 1. The Balaban J connectivity index is 2.09. The summed E-state index contributed by atoms with van der Waals surface area (Å²) in [6.07, 6.45) is -1.42. The van der Waals surface area contributed by atoms with Crippen molar-refractivity contribution in [1.29, 1.82) is 0 Å². The van der Waals surface area contributed by atoms with Gasteiger partial charge in [-0.25, -0.2) is 4.79 Å². The quantitative estimate of drug-likeness (QED) is 0.700. The van der Waals surface area contributed by atoms with Gasteiger partial charge in [0, 0.05) is 6.42 Å². The Labute approximate surface area is 150 Å². The molecule has 2 rings (SSSR count). The molecule has 0 heterocycles. The number of aliphatic hydroxyl groups is 1. The van der Waals surface area contributed by atoms with Crippen molar-refractivity contribution in [1.82, 2.24) is 5.32 Å². The van der Waals surface area contributed by atoms with Crippen LogP contribution in [0.1, 0.15) is 17.2 Å². The van der Waals surface area contributed by atoms with E-state index in [9.17, 15) is 19.8 Å². The van der Waals surface area contributed by atoms with E-state index in [2.05, 4.69) is 5.32 Å². The van der Waals surface area contributed by atoms with Gasteiger partial charge in [-0.2, -0.15) is 0 Å². The van der Waals surface area contributed by atoms with Crippen LogP contribution in [0.3, 0.4) is 0 Å². The number of hydrogen-bond donors (Lipinski definition) is 3. The van der Waals surface area contributed by atoms with Crippen LogP contribution in [0.2, 0.25) is 5.02 Å². The maximum absolute atomic E-state index is 12.1. The number of amides is 1. The van der Waals surface area contributed by atoms with Crippen molar-refractivity contribution in [3.63, 3.8) is 0 Å². The third-order valence-electron chi connectivity index (χ3n) is 3.63. The molecule has 0 saturated carbocycles. The number of nitrogens with one attached hydrogen (secondary N) is 1. The van der Waals surface area contributed by atoms with Gasteiger partial charge in [-0.05, 0) is 23.3 Å². The van der Waals surface area contributed by atoms with Crippen molar-refractivity contribution in [2.24, 2.45) is 0 Å². The van der Waals surface area contributed by atoms with Gasteiger partial charge in [-0.15, -0.1) is 0 Å². The number of methoxy groups -OCH3 is 1. The summed E-state index contributed by atoms with van der Waals surface area (Å²) in [6.45, 7) is 0. The molecule has 0 bridgehead atoms. The topological polar surface area (TPSA) is 95.9 Å². The van der Waals surface area contributed by atoms with Gasteiger partial charge in [0.15, 0.2) is 6.10 Å². The van der Waals surface area contributed by atoms with Crippen LogP contribution in [0, 0.1) is 0 Å². The number of benzene rings is 2. The largest absolute Gasteiger partial charge is 0.495 e. The molecule has 132 valence electrons. The molecule has 0 aliphatic rings. The Morgan fingerprint density at radius 2 is 1.88 bits per heavy atom. The van der Waals surface area contributed by atoms with Crippen LogP contribution in [0.5, 0.6) is 5.75 Å². The van der Waals surface area contributed by atoms with Crippen LogP contribution in [0.4, 0.5) is 0 Å². The molecule has 0 radical (unpaired) electrons. The summed E-state index contributed by atoms with van der Waals surface area (Å²) in [6, 6.07) is 12.0. The molecule has 7 heteroatoms. The van der Waals surface area contributed by atoms with Crippen LogP contribution in [0.25, 0.3) is 0 Å². The number of rotatable bonds is 7. The molecular formula is C18H18ClNO5.